The van der Waals surface area contributed by atoms with Gasteiger partial charge in [-0.1, -0.05) is 44.2 Å². The van der Waals surface area contributed by atoms with Crippen LogP contribution in [0.1, 0.15) is 39.3 Å². The van der Waals surface area contributed by atoms with Gasteiger partial charge in [0.05, 0.1) is 28.1 Å². The minimum absolute atomic E-state index is 0.0150. The summed E-state index contributed by atoms with van der Waals surface area (Å²) in [6, 6.07) is 7.19. The third kappa shape index (κ3) is 4.87. The number of benzene rings is 1. The predicted molar refractivity (Wildman–Crippen MR) is 161 cm³/mol. The summed E-state index contributed by atoms with van der Waals surface area (Å²) in [6.07, 6.45) is 2.68. The Morgan fingerprint density at radius 1 is 1.14 bits per heavy atom. The lowest BCUT2D eigenvalue weighted by Crippen LogP contribution is -2.58. The van der Waals surface area contributed by atoms with Crippen molar-refractivity contribution >= 4 is 34.4 Å². The summed E-state index contributed by atoms with van der Waals surface area (Å²) in [5.41, 5.74) is -0.465. The number of anilines is 1. The molecule has 2 atom stereocenters. The second kappa shape index (κ2) is 11.1. The molecule has 10 nitrogen and oxygen atoms in total. The molecule has 1 aliphatic rings. The Hall–Kier alpha value is -4.38. The number of carbonyl (C=O) groups excluding carboxylic acids is 1. The number of pyridine rings is 1. The predicted octanol–water partition coefficient (Wildman–Crippen LogP) is 4.07. The van der Waals surface area contributed by atoms with Crippen molar-refractivity contribution in [2.45, 2.75) is 45.7 Å². The number of halogens is 2. The van der Waals surface area contributed by atoms with Crippen LogP contribution in [0.25, 0.3) is 28.0 Å². The van der Waals surface area contributed by atoms with Gasteiger partial charge in [0.2, 0.25) is 5.91 Å². The summed E-state index contributed by atoms with van der Waals surface area (Å²) in [7, 11) is 1.54. The molecule has 1 aliphatic heterocycles. The van der Waals surface area contributed by atoms with Gasteiger partial charge in [-0.15, -0.1) is 0 Å². The van der Waals surface area contributed by atoms with E-state index in [1.807, 2.05) is 32.6 Å². The molecule has 3 aromatic heterocycles. The smallest absolute Gasteiger partial charge is 0.349 e. The second-order valence-electron chi connectivity index (χ2n) is 10.8. The molecule has 1 saturated heterocycles. The summed E-state index contributed by atoms with van der Waals surface area (Å²) < 4.78 is 17.4. The van der Waals surface area contributed by atoms with Crippen molar-refractivity contribution in [3.05, 3.63) is 86.7 Å². The number of piperazine rings is 1. The zero-order valence-electron chi connectivity index (χ0n) is 24.0. The summed E-state index contributed by atoms with van der Waals surface area (Å²) in [5.74, 6) is -0.641. The molecule has 2 unspecified atom stereocenters. The SMILES string of the molecule is C=CC(=O)N1CC(C)N(c2nc(=O)n(-c3c(C(C)C)ncn(C)c3=O)c3nc(-c4ccccc4F)c(Cl)cc23)CC1C. The Bertz CT molecular complexity index is 1850. The van der Waals surface area contributed by atoms with E-state index >= 15 is 0 Å². The number of aromatic nitrogens is 5. The molecule has 5 rings (SSSR count). The van der Waals surface area contributed by atoms with Crippen molar-refractivity contribution in [3.63, 3.8) is 0 Å². The van der Waals surface area contributed by atoms with Crippen molar-refractivity contribution in [2.75, 3.05) is 18.0 Å². The number of hydrogen-bond donors (Lipinski definition) is 0. The molecule has 0 saturated carbocycles. The van der Waals surface area contributed by atoms with E-state index in [-0.39, 0.29) is 51.5 Å². The molecular weight excluding hydrogens is 561 g/mol. The van der Waals surface area contributed by atoms with E-state index in [1.54, 1.807) is 36.2 Å². The second-order valence-corrected chi connectivity index (χ2v) is 11.2. The van der Waals surface area contributed by atoms with Crippen molar-refractivity contribution in [1.82, 2.24) is 29.0 Å². The van der Waals surface area contributed by atoms with E-state index in [0.29, 0.717) is 30.0 Å². The highest BCUT2D eigenvalue weighted by Gasteiger charge is 2.34. The average molecular weight is 592 g/mol. The number of fused-ring (bicyclic) bond motifs is 1. The maximum atomic E-state index is 15.0. The van der Waals surface area contributed by atoms with Crippen molar-refractivity contribution < 1.29 is 9.18 Å². The highest BCUT2D eigenvalue weighted by molar-refractivity contribution is 6.33. The summed E-state index contributed by atoms with van der Waals surface area (Å²) >= 11 is 6.74. The monoisotopic (exact) mass is 591 g/mol. The zero-order valence-corrected chi connectivity index (χ0v) is 24.8. The Labute approximate surface area is 246 Å². The number of amides is 1. The molecular formula is C30H31ClFN7O3. The highest BCUT2D eigenvalue weighted by Crippen LogP contribution is 2.35. The zero-order chi connectivity index (χ0) is 30.5. The topological polar surface area (TPSA) is 106 Å². The molecule has 4 heterocycles. The van der Waals surface area contributed by atoms with Crippen molar-refractivity contribution in [3.8, 4) is 16.9 Å². The fraction of sp³-hybridized carbons (Fsp3) is 0.333. The van der Waals surface area contributed by atoms with Crippen LogP contribution in [-0.2, 0) is 11.8 Å². The van der Waals surface area contributed by atoms with Gasteiger partial charge < -0.3 is 14.4 Å². The maximum absolute atomic E-state index is 15.0. The molecule has 1 fully saturated rings. The normalized spacial score (nSPS) is 17.2. The molecule has 0 N–H and O–H groups in total. The fourth-order valence-corrected chi connectivity index (χ4v) is 5.64. The minimum Gasteiger partial charge on any atom is -0.349 e. The molecule has 0 bridgehead atoms. The van der Waals surface area contributed by atoms with Gasteiger partial charge in [-0.3, -0.25) is 9.59 Å². The van der Waals surface area contributed by atoms with Gasteiger partial charge in [-0.05, 0) is 44.0 Å². The van der Waals surface area contributed by atoms with Crippen LogP contribution >= 0.6 is 11.6 Å². The molecule has 12 heteroatoms. The maximum Gasteiger partial charge on any atom is 0.356 e. The number of hydrogen-bond acceptors (Lipinski definition) is 7. The van der Waals surface area contributed by atoms with Crippen LogP contribution < -0.4 is 16.1 Å². The Morgan fingerprint density at radius 2 is 1.86 bits per heavy atom. The van der Waals surface area contributed by atoms with E-state index in [1.165, 1.54) is 23.0 Å². The van der Waals surface area contributed by atoms with Gasteiger partial charge in [0, 0.05) is 37.8 Å². The first-order valence-electron chi connectivity index (χ1n) is 13.6. The van der Waals surface area contributed by atoms with Crippen LogP contribution in [0.3, 0.4) is 0 Å². The number of nitrogens with zero attached hydrogens (tertiary/aromatic N) is 7. The lowest BCUT2D eigenvalue weighted by Gasteiger charge is -2.44. The van der Waals surface area contributed by atoms with Gasteiger partial charge >= 0.3 is 5.69 Å². The number of rotatable bonds is 5. The lowest BCUT2D eigenvalue weighted by atomic mass is 10.1. The number of carbonyl (C=O) groups is 1. The van der Waals surface area contributed by atoms with Crippen LogP contribution in [0, 0.1) is 5.82 Å². The minimum atomic E-state index is -0.747. The van der Waals surface area contributed by atoms with Crippen LogP contribution in [0.15, 0.2) is 58.9 Å². The van der Waals surface area contributed by atoms with Gasteiger partial charge in [0.25, 0.3) is 5.56 Å². The third-order valence-electron chi connectivity index (χ3n) is 7.55. The molecule has 1 amide bonds. The first kappa shape index (κ1) is 29.1. The van der Waals surface area contributed by atoms with Crippen LogP contribution in [-0.4, -0.2) is 60.1 Å². The van der Waals surface area contributed by atoms with E-state index < -0.39 is 17.1 Å². The van der Waals surface area contributed by atoms with Crippen LogP contribution in [0.4, 0.5) is 10.2 Å². The Balaban J connectivity index is 1.85. The van der Waals surface area contributed by atoms with Gasteiger partial charge in [0.15, 0.2) is 5.65 Å². The summed E-state index contributed by atoms with van der Waals surface area (Å²) in [4.78, 5) is 57.3. The molecule has 42 heavy (non-hydrogen) atoms. The Morgan fingerprint density at radius 3 is 2.52 bits per heavy atom. The van der Waals surface area contributed by atoms with E-state index in [2.05, 4.69) is 16.5 Å². The largest absolute Gasteiger partial charge is 0.356 e. The van der Waals surface area contributed by atoms with E-state index in [4.69, 9.17) is 16.6 Å². The van der Waals surface area contributed by atoms with E-state index in [9.17, 15) is 18.8 Å². The number of aryl methyl sites for hydroxylation is 1. The first-order chi connectivity index (χ1) is 19.9. The van der Waals surface area contributed by atoms with E-state index in [0.717, 1.165) is 4.57 Å². The van der Waals surface area contributed by atoms with Gasteiger partial charge in [-0.2, -0.15) is 4.98 Å². The molecule has 0 aliphatic carbocycles. The standard InChI is InChI=1S/C30H31ClFN7O3/c1-7-23(40)37-13-18(5)38(14-17(37)4)27-20-12-21(31)25(19-10-8-9-11-22(19)32)34-28(20)39(30(42)35-27)26-24(16(2)3)33-15-36(6)29(26)41/h7-12,15-18H,1,13-14H2,2-6H3. The highest BCUT2D eigenvalue weighted by atomic mass is 35.5. The van der Waals surface area contributed by atoms with Gasteiger partial charge in [0.1, 0.15) is 17.3 Å². The van der Waals surface area contributed by atoms with Crippen LogP contribution in [0.2, 0.25) is 5.02 Å². The van der Waals surface area contributed by atoms with Crippen molar-refractivity contribution in [2.24, 2.45) is 7.05 Å². The lowest BCUT2D eigenvalue weighted by molar-refractivity contribution is -0.128. The Kier molecular flexibility index (Phi) is 7.72. The first-order valence-corrected chi connectivity index (χ1v) is 14.0. The molecule has 0 spiro atoms. The third-order valence-corrected chi connectivity index (χ3v) is 7.84. The molecule has 1 aromatic carbocycles. The fourth-order valence-electron chi connectivity index (χ4n) is 5.39. The summed E-state index contributed by atoms with van der Waals surface area (Å²) in [6.45, 7) is 11.9. The molecule has 0 radical (unpaired) electrons. The summed E-state index contributed by atoms with van der Waals surface area (Å²) in [5, 5.41) is 0.535. The average Bonchev–Trinajstić information content (AvgIpc) is 2.95. The van der Waals surface area contributed by atoms with Crippen LogP contribution in [0.5, 0.6) is 0 Å². The van der Waals surface area contributed by atoms with Gasteiger partial charge in [-0.25, -0.2) is 23.7 Å². The molecule has 4 aromatic rings. The quantitative estimate of drug-likeness (QED) is 0.322. The van der Waals surface area contributed by atoms with Crippen molar-refractivity contribution in [1.29, 1.82) is 0 Å². The molecule has 218 valence electrons.